The van der Waals surface area contributed by atoms with Crippen LogP contribution >= 0.6 is 22.9 Å². The van der Waals surface area contributed by atoms with Crippen molar-refractivity contribution in [2.24, 2.45) is 12.8 Å². The first kappa shape index (κ1) is 20.0. The van der Waals surface area contributed by atoms with Crippen LogP contribution in [0.1, 0.15) is 26.3 Å². The van der Waals surface area contributed by atoms with Gasteiger partial charge in [-0.1, -0.05) is 23.7 Å². The summed E-state index contributed by atoms with van der Waals surface area (Å²) in [6, 6.07) is 7.44. The largest absolute Gasteiger partial charge is 0.478 e. The summed E-state index contributed by atoms with van der Waals surface area (Å²) < 4.78 is 41.6. The number of aromatic carboxylic acids is 1. The number of hydrogen-bond acceptors (Lipinski definition) is 3. The Balaban J connectivity index is 2.44. The Morgan fingerprint density at radius 1 is 1.21 bits per heavy atom. The van der Waals surface area contributed by atoms with Crippen LogP contribution in [0.25, 0.3) is 21.7 Å². The summed E-state index contributed by atoms with van der Waals surface area (Å²) in [7, 11) is 1.30. The Morgan fingerprint density at radius 3 is 2.39 bits per heavy atom. The van der Waals surface area contributed by atoms with E-state index in [2.05, 4.69) is 0 Å². The number of hydrogen-bond donors (Lipinski definition) is 2. The molecule has 3 aromatic rings. The third kappa shape index (κ3) is 3.38. The van der Waals surface area contributed by atoms with Crippen LogP contribution in [0, 0.1) is 0 Å². The maximum atomic E-state index is 13.4. The Labute approximate surface area is 165 Å². The van der Waals surface area contributed by atoms with Gasteiger partial charge in [0, 0.05) is 34.8 Å². The molecule has 1 amide bonds. The van der Waals surface area contributed by atoms with Crippen molar-refractivity contribution in [2.45, 2.75) is 6.18 Å². The number of aromatic nitrogens is 1. The zero-order valence-electron chi connectivity index (χ0n) is 14.2. The lowest BCUT2D eigenvalue weighted by molar-refractivity contribution is -0.138. The van der Waals surface area contributed by atoms with Crippen LogP contribution in [-0.2, 0) is 13.2 Å². The predicted molar refractivity (Wildman–Crippen MR) is 99.7 cm³/mol. The molecular weight excluding hydrogens is 417 g/mol. The smallest absolute Gasteiger partial charge is 0.418 e. The van der Waals surface area contributed by atoms with Crippen LogP contribution in [0.5, 0.6) is 0 Å². The minimum Gasteiger partial charge on any atom is -0.478 e. The van der Waals surface area contributed by atoms with Gasteiger partial charge < -0.3 is 15.4 Å². The zero-order chi connectivity index (χ0) is 20.8. The summed E-state index contributed by atoms with van der Waals surface area (Å²) in [5.74, 6) is -2.54. The summed E-state index contributed by atoms with van der Waals surface area (Å²) in [5.41, 5.74) is 3.47. The molecule has 0 aliphatic rings. The molecule has 0 radical (unpaired) electrons. The van der Waals surface area contributed by atoms with E-state index in [0.29, 0.717) is 15.4 Å². The molecule has 10 heteroatoms. The van der Waals surface area contributed by atoms with Gasteiger partial charge in [-0.15, -0.1) is 11.3 Å². The SMILES string of the molecule is Cn1cc(C(F)(F)F)c(C(=O)O)c1-c1cccc(C(N)=O)c1-c1ccc(Cl)s1. The Morgan fingerprint density at radius 2 is 1.89 bits per heavy atom. The van der Waals surface area contributed by atoms with Crippen molar-refractivity contribution in [3.05, 3.63) is 57.6 Å². The molecule has 3 rings (SSSR count). The third-order valence-electron chi connectivity index (χ3n) is 4.11. The van der Waals surface area contributed by atoms with Gasteiger partial charge in [-0.3, -0.25) is 4.79 Å². The monoisotopic (exact) mass is 428 g/mol. The van der Waals surface area contributed by atoms with Crippen molar-refractivity contribution < 1.29 is 27.9 Å². The number of benzene rings is 1. The van der Waals surface area contributed by atoms with Gasteiger partial charge in [-0.25, -0.2) is 4.79 Å². The molecule has 0 atom stereocenters. The van der Waals surface area contributed by atoms with Crippen LogP contribution < -0.4 is 5.73 Å². The number of aryl methyl sites for hydroxylation is 1. The Hall–Kier alpha value is -2.78. The highest BCUT2D eigenvalue weighted by Crippen LogP contribution is 2.44. The molecule has 0 fully saturated rings. The molecule has 0 aliphatic carbocycles. The normalized spacial score (nSPS) is 11.6. The summed E-state index contributed by atoms with van der Waals surface area (Å²) in [6.45, 7) is 0. The number of halogens is 4. The molecule has 0 saturated carbocycles. The second kappa shape index (κ2) is 6.99. The van der Waals surface area contributed by atoms with E-state index in [4.69, 9.17) is 17.3 Å². The van der Waals surface area contributed by atoms with Crippen molar-refractivity contribution in [3.8, 4) is 21.7 Å². The van der Waals surface area contributed by atoms with Gasteiger partial charge in [-0.2, -0.15) is 13.2 Å². The van der Waals surface area contributed by atoms with Gasteiger partial charge in [0.15, 0.2) is 0 Å². The summed E-state index contributed by atoms with van der Waals surface area (Å²) >= 11 is 7.06. The first-order valence-corrected chi connectivity index (χ1v) is 8.90. The number of nitrogens with two attached hydrogens (primary N) is 1. The number of carboxylic acids is 1. The van der Waals surface area contributed by atoms with Crippen molar-refractivity contribution >= 4 is 34.8 Å². The number of primary amides is 1. The van der Waals surface area contributed by atoms with Crippen molar-refractivity contribution in [2.75, 3.05) is 0 Å². The molecule has 0 unspecified atom stereocenters. The lowest BCUT2D eigenvalue weighted by atomic mass is 9.94. The lowest BCUT2D eigenvalue weighted by Gasteiger charge is -2.14. The summed E-state index contributed by atoms with van der Waals surface area (Å²) in [4.78, 5) is 24.1. The molecular formula is C18H12ClF3N2O3S. The zero-order valence-corrected chi connectivity index (χ0v) is 15.7. The first-order valence-electron chi connectivity index (χ1n) is 7.71. The minimum absolute atomic E-state index is 0.0436. The number of nitrogens with zero attached hydrogens (tertiary/aromatic N) is 1. The standard InChI is InChI=1S/C18H12ClF3N2O3S/c1-24-7-10(18(20,21)22)14(17(26)27)15(24)8-3-2-4-9(16(23)25)13(8)11-5-6-12(19)28-11/h2-7H,1H3,(H2,23,25)(H,26,27). The number of carbonyl (C=O) groups excluding carboxylic acids is 1. The van der Waals surface area contributed by atoms with Crippen molar-refractivity contribution in [3.63, 3.8) is 0 Å². The number of rotatable bonds is 4. The molecule has 0 spiro atoms. The van der Waals surface area contributed by atoms with E-state index in [-0.39, 0.29) is 22.4 Å². The predicted octanol–water partition coefficient (Wildman–Crippen LogP) is 4.89. The van der Waals surface area contributed by atoms with Gasteiger partial charge >= 0.3 is 12.1 Å². The molecule has 146 valence electrons. The Kier molecular flexibility index (Phi) is 4.99. The molecule has 2 aromatic heterocycles. The van der Waals surface area contributed by atoms with Crippen LogP contribution in [0.4, 0.5) is 13.2 Å². The van der Waals surface area contributed by atoms with Gasteiger partial charge in [0.05, 0.1) is 21.2 Å². The van der Waals surface area contributed by atoms with E-state index >= 15 is 0 Å². The second-order valence-electron chi connectivity index (χ2n) is 5.88. The molecule has 2 heterocycles. The van der Waals surface area contributed by atoms with Crippen LogP contribution in [0.15, 0.2) is 36.5 Å². The average molecular weight is 429 g/mol. The summed E-state index contributed by atoms with van der Waals surface area (Å²) in [5, 5.41) is 9.51. The highest BCUT2D eigenvalue weighted by Gasteiger charge is 2.40. The van der Waals surface area contributed by atoms with Gasteiger partial charge in [0.2, 0.25) is 5.91 Å². The van der Waals surface area contributed by atoms with Gasteiger partial charge in [0.1, 0.15) is 0 Å². The van der Waals surface area contributed by atoms with E-state index in [1.165, 1.54) is 25.2 Å². The number of thiophene rings is 1. The van der Waals surface area contributed by atoms with E-state index in [9.17, 15) is 27.9 Å². The topological polar surface area (TPSA) is 85.3 Å². The third-order valence-corrected chi connectivity index (χ3v) is 5.35. The van der Waals surface area contributed by atoms with Crippen molar-refractivity contribution in [1.82, 2.24) is 4.57 Å². The molecule has 1 aromatic carbocycles. The Bertz CT molecular complexity index is 1100. The number of amides is 1. The van der Waals surface area contributed by atoms with Crippen LogP contribution in [0.3, 0.4) is 0 Å². The van der Waals surface area contributed by atoms with Crippen LogP contribution in [-0.4, -0.2) is 21.6 Å². The molecule has 3 N–H and O–H groups in total. The summed E-state index contributed by atoms with van der Waals surface area (Å²) in [6.07, 6.45) is -4.15. The second-order valence-corrected chi connectivity index (χ2v) is 7.59. The van der Waals surface area contributed by atoms with Gasteiger partial charge in [0.25, 0.3) is 0 Å². The minimum atomic E-state index is -4.86. The highest BCUT2D eigenvalue weighted by atomic mass is 35.5. The highest BCUT2D eigenvalue weighted by molar-refractivity contribution is 7.19. The molecule has 5 nitrogen and oxygen atoms in total. The van der Waals surface area contributed by atoms with E-state index in [1.807, 2.05) is 0 Å². The fraction of sp³-hybridized carbons (Fsp3) is 0.111. The molecule has 0 aliphatic heterocycles. The number of carboxylic acid groups (broad SMARTS) is 1. The fourth-order valence-corrected chi connectivity index (χ4v) is 4.17. The molecule has 0 saturated heterocycles. The van der Waals surface area contributed by atoms with Gasteiger partial charge in [-0.05, 0) is 18.2 Å². The van der Waals surface area contributed by atoms with Crippen LogP contribution in [0.2, 0.25) is 4.34 Å². The van der Waals surface area contributed by atoms with E-state index < -0.39 is 29.2 Å². The maximum Gasteiger partial charge on any atom is 0.418 e. The van der Waals surface area contributed by atoms with Crippen molar-refractivity contribution in [1.29, 1.82) is 0 Å². The molecule has 0 bridgehead atoms. The lowest BCUT2D eigenvalue weighted by Crippen LogP contribution is -2.14. The van der Waals surface area contributed by atoms with E-state index in [1.54, 1.807) is 12.1 Å². The number of alkyl halides is 3. The average Bonchev–Trinajstić information content (AvgIpc) is 3.17. The number of carbonyl (C=O) groups is 2. The quantitative estimate of drug-likeness (QED) is 0.620. The fourth-order valence-electron chi connectivity index (χ4n) is 3.05. The maximum absolute atomic E-state index is 13.4. The van der Waals surface area contributed by atoms with E-state index in [0.717, 1.165) is 15.9 Å². The molecule has 28 heavy (non-hydrogen) atoms. The first-order chi connectivity index (χ1) is 13.0.